The predicted molar refractivity (Wildman–Crippen MR) is 116 cm³/mol. The molecule has 4 rings (SSSR count). The van der Waals surface area contributed by atoms with Crippen molar-refractivity contribution < 1.29 is 22.4 Å². The molecule has 0 aliphatic heterocycles. The average Bonchev–Trinajstić information content (AvgIpc) is 2.80. The second kappa shape index (κ2) is 9.52. The molecular weight excluding hydrogens is 438 g/mol. The Balaban J connectivity index is 1.37. The number of nitrogens with one attached hydrogen (secondary N) is 2. The fraction of sp³-hybridized carbons (Fsp3) is 0.522. The summed E-state index contributed by atoms with van der Waals surface area (Å²) in [5.41, 5.74) is 1.46. The Bertz CT molecular complexity index is 1050. The van der Waals surface area contributed by atoms with Gasteiger partial charge in [0.05, 0.1) is 11.3 Å². The van der Waals surface area contributed by atoms with E-state index in [0.717, 1.165) is 37.2 Å². The predicted octanol–water partition coefficient (Wildman–Crippen LogP) is 4.13. The van der Waals surface area contributed by atoms with Crippen LogP contribution < -0.4 is 15.5 Å². The van der Waals surface area contributed by atoms with Crippen LogP contribution in [0.4, 0.5) is 29.3 Å². The second-order valence-electron chi connectivity index (χ2n) is 8.91. The fourth-order valence-corrected chi connectivity index (χ4v) is 4.57. The quantitative estimate of drug-likeness (QED) is 0.395. The summed E-state index contributed by atoms with van der Waals surface area (Å²) < 4.78 is 53.9. The van der Waals surface area contributed by atoms with Gasteiger partial charge in [0.15, 0.2) is 23.3 Å². The van der Waals surface area contributed by atoms with Crippen molar-refractivity contribution in [3.05, 3.63) is 46.2 Å². The molecule has 0 bridgehead atoms. The molecule has 2 aliphatic carbocycles. The van der Waals surface area contributed by atoms with E-state index in [1.165, 1.54) is 5.56 Å². The molecule has 2 aliphatic rings. The van der Waals surface area contributed by atoms with Crippen molar-refractivity contribution in [2.75, 3.05) is 24.3 Å². The third-order valence-corrected chi connectivity index (χ3v) is 6.33. The molecule has 33 heavy (non-hydrogen) atoms. The summed E-state index contributed by atoms with van der Waals surface area (Å²) in [5.74, 6) is -6.66. The molecule has 6 nitrogen and oxygen atoms in total. The zero-order chi connectivity index (χ0) is 23.7. The normalized spacial score (nSPS) is 20.2. The summed E-state index contributed by atoms with van der Waals surface area (Å²) in [6, 6.07) is 0.201. The number of carbonyl (C=O) groups is 1. The van der Waals surface area contributed by atoms with E-state index in [4.69, 9.17) is 9.97 Å². The molecule has 2 aromatic rings. The third kappa shape index (κ3) is 4.89. The lowest BCUT2D eigenvalue weighted by molar-refractivity contribution is 0.0920. The summed E-state index contributed by atoms with van der Waals surface area (Å²) in [7, 11) is 3.94. The van der Waals surface area contributed by atoms with Gasteiger partial charge in [-0.2, -0.15) is 4.98 Å². The van der Waals surface area contributed by atoms with Crippen LogP contribution in [0.15, 0.2) is 6.07 Å². The highest BCUT2D eigenvalue weighted by Gasteiger charge is 2.28. The van der Waals surface area contributed by atoms with E-state index in [1.807, 2.05) is 19.0 Å². The second-order valence-corrected chi connectivity index (χ2v) is 8.91. The molecule has 1 aromatic carbocycles. The van der Waals surface area contributed by atoms with E-state index in [1.54, 1.807) is 0 Å². The summed E-state index contributed by atoms with van der Waals surface area (Å²) in [4.78, 5) is 23.8. The molecular formula is C23H27F4N5O. The van der Waals surface area contributed by atoms with Gasteiger partial charge in [0.2, 0.25) is 5.95 Å². The lowest BCUT2D eigenvalue weighted by atomic mass is 9.91. The topological polar surface area (TPSA) is 70.2 Å². The molecule has 1 saturated carbocycles. The van der Waals surface area contributed by atoms with Gasteiger partial charge in [-0.25, -0.2) is 22.5 Å². The van der Waals surface area contributed by atoms with Gasteiger partial charge >= 0.3 is 0 Å². The number of aromatic nitrogens is 2. The first-order chi connectivity index (χ1) is 15.7. The van der Waals surface area contributed by atoms with Gasteiger partial charge in [-0.1, -0.05) is 0 Å². The Morgan fingerprint density at radius 1 is 0.939 bits per heavy atom. The van der Waals surface area contributed by atoms with Crippen molar-refractivity contribution in [1.29, 1.82) is 0 Å². The van der Waals surface area contributed by atoms with E-state index in [9.17, 15) is 22.4 Å². The van der Waals surface area contributed by atoms with Gasteiger partial charge in [-0.05, 0) is 57.4 Å². The number of halogens is 4. The molecule has 0 saturated heterocycles. The summed E-state index contributed by atoms with van der Waals surface area (Å²) in [6.45, 7) is 0. The molecule has 1 amide bonds. The summed E-state index contributed by atoms with van der Waals surface area (Å²) in [5, 5.41) is 6.00. The fourth-order valence-electron chi connectivity index (χ4n) is 4.57. The highest BCUT2D eigenvalue weighted by Crippen LogP contribution is 2.29. The Morgan fingerprint density at radius 2 is 1.61 bits per heavy atom. The van der Waals surface area contributed by atoms with Crippen LogP contribution in [-0.4, -0.2) is 42.1 Å². The number of amides is 1. The van der Waals surface area contributed by atoms with Crippen molar-refractivity contribution in [3.63, 3.8) is 0 Å². The molecule has 1 heterocycles. The maximum Gasteiger partial charge on any atom is 0.254 e. The molecule has 2 N–H and O–H groups in total. The number of fused-ring (bicyclic) bond motifs is 1. The number of benzene rings is 1. The SMILES string of the molecule is CN(C)c1nc(N[C@H]2CC[C@@H](NC(=O)c3cc(F)c(F)c(F)c3F)CC2)nc2c1CCCC2. The first kappa shape index (κ1) is 23.3. The molecule has 0 radical (unpaired) electrons. The highest BCUT2D eigenvalue weighted by atomic mass is 19.2. The van der Waals surface area contributed by atoms with Gasteiger partial charge in [0.25, 0.3) is 5.91 Å². The smallest absolute Gasteiger partial charge is 0.254 e. The molecule has 0 unspecified atom stereocenters. The van der Waals surface area contributed by atoms with E-state index < -0.39 is 34.7 Å². The Kier molecular flexibility index (Phi) is 6.71. The molecule has 0 spiro atoms. The molecule has 1 fully saturated rings. The first-order valence-corrected chi connectivity index (χ1v) is 11.2. The molecule has 10 heteroatoms. The molecule has 0 atom stereocenters. The maximum absolute atomic E-state index is 13.9. The minimum atomic E-state index is -1.99. The van der Waals surface area contributed by atoms with Crippen LogP contribution in [-0.2, 0) is 12.8 Å². The third-order valence-electron chi connectivity index (χ3n) is 6.33. The number of hydrogen-bond acceptors (Lipinski definition) is 5. The Hall–Kier alpha value is -2.91. The van der Waals surface area contributed by atoms with Gasteiger partial charge in [-0.3, -0.25) is 4.79 Å². The number of carbonyl (C=O) groups excluding carboxylic acids is 1. The minimum absolute atomic E-state index is 0.104. The van der Waals surface area contributed by atoms with Gasteiger partial charge in [-0.15, -0.1) is 0 Å². The largest absolute Gasteiger partial charge is 0.362 e. The Morgan fingerprint density at radius 3 is 2.30 bits per heavy atom. The van der Waals surface area contributed by atoms with Gasteiger partial charge in [0, 0.05) is 31.7 Å². The van der Waals surface area contributed by atoms with Crippen molar-refractivity contribution >= 4 is 17.7 Å². The monoisotopic (exact) mass is 465 g/mol. The van der Waals surface area contributed by atoms with Crippen molar-refractivity contribution in [2.45, 2.75) is 63.5 Å². The van der Waals surface area contributed by atoms with Crippen LogP contribution in [0.2, 0.25) is 0 Å². The minimum Gasteiger partial charge on any atom is -0.362 e. The zero-order valence-electron chi connectivity index (χ0n) is 18.7. The number of aryl methyl sites for hydroxylation is 1. The highest BCUT2D eigenvalue weighted by molar-refractivity contribution is 5.94. The van der Waals surface area contributed by atoms with Crippen LogP contribution in [0.1, 0.15) is 60.1 Å². The van der Waals surface area contributed by atoms with E-state index >= 15 is 0 Å². The van der Waals surface area contributed by atoms with Crippen LogP contribution in [0.5, 0.6) is 0 Å². The molecule has 1 aromatic heterocycles. The van der Waals surface area contributed by atoms with E-state index in [0.29, 0.717) is 37.7 Å². The lowest BCUT2D eigenvalue weighted by Crippen LogP contribution is -2.40. The number of hydrogen-bond donors (Lipinski definition) is 2. The lowest BCUT2D eigenvalue weighted by Gasteiger charge is -2.30. The summed E-state index contributed by atoms with van der Waals surface area (Å²) >= 11 is 0. The van der Waals surface area contributed by atoms with E-state index in [2.05, 4.69) is 10.6 Å². The van der Waals surface area contributed by atoms with Crippen LogP contribution in [0.3, 0.4) is 0 Å². The van der Waals surface area contributed by atoms with Crippen molar-refractivity contribution in [2.24, 2.45) is 0 Å². The summed E-state index contributed by atoms with van der Waals surface area (Å²) in [6.07, 6.45) is 6.76. The number of nitrogens with zero attached hydrogens (tertiary/aromatic N) is 3. The molecule has 178 valence electrons. The van der Waals surface area contributed by atoms with E-state index in [-0.39, 0.29) is 12.1 Å². The van der Waals surface area contributed by atoms with Crippen LogP contribution in [0, 0.1) is 23.3 Å². The van der Waals surface area contributed by atoms with Crippen molar-refractivity contribution in [3.8, 4) is 0 Å². The van der Waals surface area contributed by atoms with Gasteiger partial charge in [0.1, 0.15) is 5.82 Å². The van der Waals surface area contributed by atoms with Gasteiger partial charge < -0.3 is 15.5 Å². The number of anilines is 2. The first-order valence-electron chi connectivity index (χ1n) is 11.2. The van der Waals surface area contributed by atoms with Crippen molar-refractivity contribution in [1.82, 2.24) is 15.3 Å². The standard InChI is InChI=1S/C23H27F4N5O/c1-32(2)21-14-5-3-4-6-17(14)30-23(31-21)29-13-9-7-12(8-10-13)28-22(33)15-11-16(24)19(26)20(27)18(15)25/h11-13H,3-10H2,1-2H3,(H,28,33)(H,29,30,31)/t12-,13+. The Labute approximate surface area is 189 Å². The van der Waals surface area contributed by atoms with Crippen LogP contribution in [0.25, 0.3) is 0 Å². The zero-order valence-corrected chi connectivity index (χ0v) is 18.7. The van der Waals surface area contributed by atoms with Crippen LogP contribution >= 0.6 is 0 Å². The average molecular weight is 465 g/mol. The number of rotatable bonds is 5. The maximum atomic E-state index is 13.9.